The van der Waals surface area contributed by atoms with E-state index in [4.69, 9.17) is 19.7 Å². The molecule has 0 radical (unpaired) electrons. The van der Waals surface area contributed by atoms with E-state index in [9.17, 15) is 4.79 Å². The minimum Gasteiger partial charge on any atom is -0.367 e. The van der Waals surface area contributed by atoms with Gasteiger partial charge in [-0.05, 0) is 57.1 Å². The smallest absolute Gasteiger partial charge is 0.315 e. The first kappa shape index (κ1) is 31.9. The molecule has 2 aromatic heterocycles. The third kappa shape index (κ3) is 7.85. The van der Waals surface area contributed by atoms with Gasteiger partial charge in [-0.15, -0.1) is 0 Å². The van der Waals surface area contributed by atoms with E-state index in [1.165, 1.54) is 36.8 Å². The van der Waals surface area contributed by atoms with Gasteiger partial charge in [-0.3, -0.25) is 9.47 Å². The predicted molar refractivity (Wildman–Crippen MR) is 182 cm³/mol. The minimum atomic E-state index is -0.217. The Morgan fingerprint density at radius 2 is 1.63 bits per heavy atom. The highest BCUT2D eigenvalue weighted by molar-refractivity contribution is 5.83. The van der Waals surface area contributed by atoms with E-state index in [1.807, 2.05) is 16.7 Å². The average molecular weight is 625 g/mol. The summed E-state index contributed by atoms with van der Waals surface area (Å²) in [6.07, 6.45) is 9.86. The molecule has 3 heterocycles. The molecule has 2 fully saturated rings. The zero-order chi connectivity index (χ0) is 31.7. The molecular formula is C36H48N8O2. The summed E-state index contributed by atoms with van der Waals surface area (Å²) < 4.78 is 8.11. The summed E-state index contributed by atoms with van der Waals surface area (Å²) in [5.74, 6) is 1.28. The van der Waals surface area contributed by atoms with Crippen LogP contribution in [0.2, 0.25) is 0 Å². The summed E-state index contributed by atoms with van der Waals surface area (Å²) >= 11 is 0. The number of fused-ring (bicyclic) bond motifs is 1. The van der Waals surface area contributed by atoms with Gasteiger partial charge in [0.2, 0.25) is 0 Å². The van der Waals surface area contributed by atoms with E-state index < -0.39 is 0 Å². The molecule has 1 atom stereocenters. The number of imidazole rings is 1. The van der Waals surface area contributed by atoms with Crippen molar-refractivity contribution in [3.63, 3.8) is 0 Å². The number of hydrogen-bond acceptors (Lipinski definition) is 7. The highest BCUT2D eigenvalue weighted by Gasteiger charge is 2.25. The van der Waals surface area contributed by atoms with Crippen LogP contribution in [0.15, 0.2) is 67.0 Å². The number of aromatic nitrogens is 4. The number of rotatable bonds is 13. The SMILES string of the molecule is CC(C)N(CCNC(=O)NCc1nc(NCC(c2ccccc2)c2ccccc2)c2ncn(C3CCCCO3)c2n1)C1CCCC1. The van der Waals surface area contributed by atoms with E-state index in [2.05, 4.69) is 83.2 Å². The van der Waals surface area contributed by atoms with Gasteiger partial charge in [-0.2, -0.15) is 0 Å². The Labute approximate surface area is 272 Å². The van der Waals surface area contributed by atoms with Crippen LogP contribution >= 0.6 is 0 Å². The third-order valence-electron chi connectivity index (χ3n) is 9.33. The number of ether oxygens (including phenoxy) is 1. The fourth-order valence-corrected chi connectivity index (χ4v) is 6.93. The lowest BCUT2D eigenvalue weighted by Gasteiger charge is -2.32. The van der Waals surface area contributed by atoms with Crippen molar-refractivity contribution in [2.45, 2.75) is 89.6 Å². The van der Waals surface area contributed by atoms with Crippen LogP contribution in [0.5, 0.6) is 0 Å². The zero-order valence-corrected chi connectivity index (χ0v) is 27.2. The van der Waals surface area contributed by atoms with Gasteiger partial charge in [0, 0.05) is 44.2 Å². The summed E-state index contributed by atoms with van der Waals surface area (Å²) in [4.78, 5) is 29.9. The lowest BCUT2D eigenvalue weighted by Crippen LogP contribution is -2.45. The fourth-order valence-electron chi connectivity index (χ4n) is 6.93. The number of anilines is 1. The molecular weight excluding hydrogens is 576 g/mol. The molecule has 1 saturated heterocycles. The van der Waals surface area contributed by atoms with E-state index in [0.717, 1.165) is 32.4 Å². The second-order valence-corrected chi connectivity index (χ2v) is 12.8. The van der Waals surface area contributed by atoms with E-state index in [1.54, 1.807) is 6.33 Å². The topological polar surface area (TPSA) is 109 Å². The highest BCUT2D eigenvalue weighted by atomic mass is 16.5. The number of nitrogens with one attached hydrogen (secondary N) is 3. The first-order valence-electron chi connectivity index (χ1n) is 17.0. The molecule has 1 aliphatic carbocycles. The van der Waals surface area contributed by atoms with Crippen molar-refractivity contribution < 1.29 is 9.53 Å². The predicted octanol–water partition coefficient (Wildman–Crippen LogP) is 6.22. The number of urea groups is 1. The van der Waals surface area contributed by atoms with Gasteiger partial charge in [-0.1, -0.05) is 73.5 Å². The molecule has 2 aromatic carbocycles. The van der Waals surface area contributed by atoms with Crippen molar-refractivity contribution in [1.29, 1.82) is 0 Å². The van der Waals surface area contributed by atoms with Crippen molar-refractivity contribution in [2.75, 3.05) is 31.6 Å². The minimum absolute atomic E-state index is 0.109. The maximum absolute atomic E-state index is 12.9. The van der Waals surface area contributed by atoms with Crippen molar-refractivity contribution in [3.05, 3.63) is 83.9 Å². The van der Waals surface area contributed by atoms with Gasteiger partial charge in [-0.25, -0.2) is 19.7 Å². The van der Waals surface area contributed by atoms with Crippen LogP contribution in [-0.4, -0.2) is 68.8 Å². The van der Waals surface area contributed by atoms with Crippen LogP contribution in [0.3, 0.4) is 0 Å². The number of amides is 2. The van der Waals surface area contributed by atoms with Crippen LogP contribution in [0, 0.1) is 0 Å². The molecule has 2 aliphatic rings. The fraction of sp³-hybridized carbons (Fsp3) is 0.500. The molecule has 1 aliphatic heterocycles. The van der Waals surface area contributed by atoms with Crippen molar-refractivity contribution in [2.24, 2.45) is 0 Å². The Kier molecular flexibility index (Phi) is 10.8. The lowest BCUT2D eigenvalue weighted by atomic mass is 9.91. The van der Waals surface area contributed by atoms with Crippen LogP contribution in [0.1, 0.15) is 87.9 Å². The summed E-state index contributed by atoms with van der Waals surface area (Å²) in [5.41, 5.74) is 3.84. The molecule has 3 N–H and O–H groups in total. The Morgan fingerprint density at radius 1 is 0.935 bits per heavy atom. The van der Waals surface area contributed by atoms with Crippen molar-refractivity contribution >= 4 is 23.0 Å². The van der Waals surface area contributed by atoms with Gasteiger partial charge >= 0.3 is 6.03 Å². The molecule has 0 bridgehead atoms. The summed E-state index contributed by atoms with van der Waals surface area (Å²) in [5, 5.41) is 9.65. The van der Waals surface area contributed by atoms with Crippen LogP contribution in [0.4, 0.5) is 10.6 Å². The highest BCUT2D eigenvalue weighted by Crippen LogP contribution is 2.30. The number of benzene rings is 2. The van der Waals surface area contributed by atoms with Crippen molar-refractivity contribution in [3.8, 4) is 0 Å². The summed E-state index contributed by atoms with van der Waals surface area (Å²) in [6, 6.07) is 21.9. The molecule has 10 nitrogen and oxygen atoms in total. The van der Waals surface area contributed by atoms with Gasteiger partial charge in [0.1, 0.15) is 6.23 Å². The molecule has 6 rings (SSSR count). The standard InChI is InChI=1S/C36H48N8O2/c1-26(2)43(29-17-9-10-18-29)21-20-37-36(45)39-24-31-41-34(33-35(42-31)44(25-40-33)32-19-11-12-22-46-32)38-23-30(27-13-5-3-6-14-27)28-15-7-4-8-16-28/h3-8,13-16,25-26,29-30,32H,9-12,17-24H2,1-2H3,(H2,37,39,45)(H,38,41,42). The van der Waals surface area contributed by atoms with Gasteiger partial charge in [0.25, 0.3) is 0 Å². The lowest BCUT2D eigenvalue weighted by molar-refractivity contribution is -0.0298. The van der Waals surface area contributed by atoms with Gasteiger partial charge in [0.05, 0.1) is 12.9 Å². The largest absolute Gasteiger partial charge is 0.367 e. The second-order valence-electron chi connectivity index (χ2n) is 12.8. The Bertz CT molecular complexity index is 1490. The van der Waals surface area contributed by atoms with Crippen LogP contribution in [0.25, 0.3) is 11.2 Å². The maximum Gasteiger partial charge on any atom is 0.315 e. The number of carbonyl (C=O) groups excluding carboxylic acids is 1. The Hall–Kier alpha value is -4.02. The molecule has 2 amide bonds. The molecule has 4 aromatic rings. The van der Waals surface area contributed by atoms with Gasteiger partial charge in [0.15, 0.2) is 22.8 Å². The van der Waals surface area contributed by atoms with E-state index in [-0.39, 0.29) is 24.7 Å². The zero-order valence-electron chi connectivity index (χ0n) is 27.2. The molecule has 0 spiro atoms. The third-order valence-corrected chi connectivity index (χ3v) is 9.33. The second kappa shape index (κ2) is 15.5. The quantitative estimate of drug-likeness (QED) is 0.162. The monoisotopic (exact) mass is 624 g/mol. The Balaban J connectivity index is 1.18. The summed E-state index contributed by atoms with van der Waals surface area (Å²) in [7, 11) is 0. The van der Waals surface area contributed by atoms with E-state index in [0.29, 0.717) is 48.0 Å². The summed E-state index contributed by atoms with van der Waals surface area (Å²) in [6.45, 7) is 7.46. The number of hydrogen-bond donors (Lipinski definition) is 3. The number of nitrogens with zero attached hydrogens (tertiary/aromatic N) is 5. The molecule has 46 heavy (non-hydrogen) atoms. The normalized spacial score (nSPS) is 17.3. The molecule has 10 heteroatoms. The first-order chi connectivity index (χ1) is 22.6. The van der Waals surface area contributed by atoms with Crippen molar-refractivity contribution in [1.82, 2.24) is 35.1 Å². The Morgan fingerprint density at radius 3 is 2.28 bits per heavy atom. The van der Waals surface area contributed by atoms with Crippen LogP contribution < -0.4 is 16.0 Å². The maximum atomic E-state index is 12.9. The number of carbonyl (C=O) groups is 1. The van der Waals surface area contributed by atoms with Crippen LogP contribution in [-0.2, 0) is 11.3 Å². The first-order valence-corrected chi connectivity index (χ1v) is 17.0. The molecule has 1 saturated carbocycles. The van der Waals surface area contributed by atoms with E-state index >= 15 is 0 Å². The average Bonchev–Trinajstić information content (AvgIpc) is 3.78. The molecule has 1 unspecified atom stereocenters. The molecule has 244 valence electrons. The van der Waals surface area contributed by atoms with Gasteiger partial charge < -0.3 is 20.7 Å².